The number of rotatable bonds is 11. The van der Waals surface area contributed by atoms with E-state index in [1.165, 1.54) is 6.92 Å². The average molecular weight is 490 g/mol. The first-order valence-electron chi connectivity index (χ1n) is 11.3. The van der Waals surface area contributed by atoms with E-state index >= 15 is 0 Å². The fraction of sp³-hybridized carbons (Fsp3) is 0.214. The molecule has 0 heterocycles. The van der Waals surface area contributed by atoms with Crippen LogP contribution in [0.25, 0.3) is 11.1 Å². The van der Waals surface area contributed by atoms with Gasteiger partial charge in [0.15, 0.2) is 5.78 Å². The highest BCUT2D eigenvalue weighted by Crippen LogP contribution is 2.23. The second-order valence-electron chi connectivity index (χ2n) is 8.11. The lowest BCUT2D eigenvalue weighted by Gasteiger charge is -2.16. The predicted molar refractivity (Wildman–Crippen MR) is 137 cm³/mol. The molecule has 0 aliphatic carbocycles. The van der Waals surface area contributed by atoms with Crippen molar-refractivity contribution < 1.29 is 24.3 Å². The first kappa shape index (κ1) is 25.9. The summed E-state index contributed by atoms with van der Waals surface area (Å²) in [6, 6.07) is 25.2. The van der Waals surface area contributed by atoms with Gasteiger partial charge < -0.3 is 10.4 Å². The lowest BCUT2D eigenvalue weighted by molar-refractivity contribution is -0.136. The molecule has 7 heteroatoms. The molecule has 0 aliphatic heterocycles. The van der Waals surface area contributed by atoms with Gasteiger partial charge in [0.25, 0.3) is 0 Å². The van der Waals surface area contributed by atoms with E-state index in [1.807, 2.05) is 54.6 Å². The van der Waals surface area contributed by atoms with Gasteiger partial charge in [0.05, 0.1) is 6.04 Å². The SMILES string of the molecule is C[C@@H](NC(=O)CCC(=O)c1ccccc1)C(=O)S[C@H](Cc1ccc(-c2ccccc2)cc1)C(=O)O. The Labute approximate surface area is 208 Å². The van der Waals surface area contributed by atoms with E-state index in [1.54, 1.807) is 30.3 Å². The van der Waals surface area contributed by atoms with Crippen molar-refractivity contribution in [1.29, 1.82) is 0 Å². The number of Topliss-reactive ketones (excluding diaryl/α,β-unsaturated/α-hetero) is 1. The second kappa shape index (κ2) is 12.7. The fourth-order valence-corrected chi connectivity index (χ4v) is 4.39. The maximum atomic E-state index is 12.6. The van der Waals surface area contributed by atoms with Gasteiger partial charge >= 0.3 is 5.97 Å². The number of hydrogen-bond acceptors (Lipinski definition) is 5. The van der Waals surface area contributed by atoms with Crippen LogP contribution in [0.4, 0.5) is 0 Å². The molecule has 0 saturated carbocycles. The summed E-state index contributed by atoms with van der Waals surface area (Å²) in [6.45, 7) is 1.51. The number of amides is 1. The molecule has 3 aromatic rings. The molecule has 1 amide bonds. The van der Waals surface area contributed by atoms with E-state index in [4.69, 9.17) is 0 Å². The smallest absolute Gasteiger partial charge is 0.317 e. The van der Waals surface area contributed by atoms with Gasteiger partial charge in [-0.3, -0.25) is 19.2 Å². The Hall–Kier alpha value is -3.71. The minimum absolute atomic E-state index is 0.0284. The number of thioether (sulfide) groups is 1. The quantitative estimate of drug-likeness (QED) is 0.376. The van der Waals surface area contributed by atoms with Crippen molar-refractivity contribution in [2.75, 3.05) is 0 Å². The number of carboxylic acids is 1. The molecular formula is C28H27NO5S. The van der Waals surface area contributed by atoms with Crippen molar-refractivity contribution in [3.05, 3.63) is 96.1 Å². The van der Waals surface area contributed by atoms with Gasteiger partial charge in [0, 0.05) is 18.4 Å². The number of hydrogen-bond donors (Lipinski definition) is 2. The molecule has 0 unspecified atom stereocenters. The van der Waals surface area contributed by atoms with Crippen LogP contribution >= 0.6 is 11.8 Å². The molecule has 2 N–H and O–H groups in total. The Bertz CT molecular complexity index is 1160. The van der Waals surface area contributed by atoms with Crippen LogP contribution in [-0.4, -0.2) is 39.2 Å². The highest BCUT2D eigenvalue weighted by molar-refractivity contribution is 8.14. The van der Waals surface area contributed by atoms with Crippen molar-refractivity contribution in [2.24, 2.45) is 0 Å². The zero-order valence-corrected chi connectivity index (χ0v) is 20.2. The molecule has 0 aliphatic rings. The lowest BCUT2D eigenvalue weighted by atomic mass is 10.0. The molecule has 180 valence electrons. The Morgan fingerprint density at radius 3 is 1.97 bits per heavy atom. The zero-order chi connectivity index (χ0) is 25.2. The van der Waals surface area contributed by atoms with Crippen molar-refractivity contribution in [3.63, 3.8) is 0 Å². The first-order chi connectivity index (χ1) is 16.8. The number of benzene rings is 3. The van der Waals surface area contributed by atoms with Crippen LogP contribution < -0.4 is 5.32 Å². The fourth-order valence-electron chi connectivity index (χ4n) is 3.47. The number of carbonyl (C=O) groups is 4. The topological polar surface area (TPSA) is 101 Å². The van der Waals surface area contributed by atoms with Crippen LogP contribution in [0.15, 0.2) is 84.9 Å². The molecule has 6 nitrogen and oxygen atoms in total. The van der Waals surface area contributed by atoms with E-state index in [0.717, 1.165) is 16.7 Å². The van der Waals surface area contributed by atoms with Crippen LogP contribution in [0.3, 0.4) is 0 Å². The highest BCUT2D eigenvalue weighted by Gasteiger charge is 2.26. The lowest BCUT2D eigenvalue weighted by Crippen LogP contribution is -2.38. The summed E-state index contributed by atoms with van der Waals surface area (Å²) >= 11 is 0.699. The molecule has 0 saturated heterocycles. The molecule has 3 rings (SSSR count). The van der Waals surface area contributed by atoms with Crippen LogP contribution in [0, 0.1) is 0 Å². The number of ketones is 1. The largest absolute Gasteiger partial charge is 0.480 e. The Morgan fingerprint density at radius 2 is 1.37 bits per heavy atom. The summed E-state index contributed by atoms with van der Waals surface area (Å²) in [5, 5.41) is 10.8. The molecule has 0 aromatic heterocycles. The standard InChI is InChI=1S/C28H27NO5S/c1-19(29-26(31)17-16-24(30)23-10-6-3-7-11-23)28(34)35-25(27(32)33)18-20-12-14-22(15-13-20)21-8-4-2-5-9-21/h2-15,19,25H,16-18H2,1H3,(H,29,31)(H,32,33)/t19-,25-/m1/s1. The van der Waals surface area contributed by atoms with E-state index in [-0.39, 0.29) is 25.0 Å². The molecular weight excluding hydrogens is 462 g/mol. The van der Waals surface area contributed by atoms with E-state index in [9.17, 15) is 24.3 Å². The van der Waals surface area contributed by atoms with Crippen LogP contribution in [0.5, 0.6) is 0 Å². The van der Waals surface area contributed by atoms with Crippen LogP contribution in [-0.2, 0) is 20.8 Å². The van der Waals surface area contributed by atoms with Crippen molar-refractivity contribution in [3.8, 4) is 11.1 Å². The summed E-state index contributed by atoms with van der Waals surface area (Å²) < 4.78 is 0. The zero-order valence-electron chi connectivity index (χ0n) is 19.3. The maximum absolute atomic E-state index is 12.6. The number of nitrogens with one attached hydrogen (secondary N) is 1. The molecule has 2 atom stereocenters. The maximum Gasteiger partial charge on any atom is 0.317 e. The van der Waals surface area contributed by atoms with E-state index in [2.05, 4.69) is 5.32 Å². The Morgan fingerprint density at radius 1 is 0.800 bits per heavy atom. The molecule has 0 radical (unpaired) electrons. The van der Waals surface area contributed by atoms with E-state index in [0.29, 0.717) is 17.3 Å². The minimum atomic E-state index is -1.09. The second-order valence-corrected chi connectivity index (χ2v) is 9.32. The highest BCUT2D eigenvalue weighted by atomic mass is 32.2. The Balaban J connectivity index is 1.50. The Kier molecular flexibility index (Phi) is 9.38. The molecule has 3 aromatic carbocycles. The summed E-state index contributed by atoms with van der Waals surface area (Å²) in [5.74, 6) is -1.68. The molecule has 0 fully saturated rings. The van der Waals surface area contributed by atoms with Crippen molar-refractivity contribution in [1.82, 2.24) is 5.32 Å². The number of carboxylic acid groups (broad SMARTS) is 1. The van der Waals surface area contributed by atoms with Crippen molar-refractivity contribution >= 4 is 34.5 Å². The molecule has 0 spiro atoms. The predicted octanol–water partition coefficient (Wildman–Crippen LogP) is 4.78. The number of aliphatic carboxylic acids is 1. The summed E-state index contributed by atoms with van der Waals surface area (Å²) in [7, 11) is 0. The summed E-state index contributed by atoms with van der Waals surface area (Å²) in [5.41, 5.74) is 3.41. The molecule has 35 heavy (non-hydrogen) atoms. The van der Waals surface area contributed by atoms with Gasteiger partial charge in [0.2, 0.25) is 11.0 Å². The summed E-state index contributed by atoms with van der Waals surface area (Å²) in [4.78, 5) is 48.7. The first-order valence-corrected chi connectivity index (χ1v) is 12.2. The molecule has 0 bridgehead atoms. The van der Waals surface area contributed by atoms with Gasteiger partial charge in [0.1, 0.15) is 5.25 Å². The third-order valence-electron chi connectivity index (χ3n) is 5.42. The van der Waals surface area contributed by atoms with Crippen LogP contribution in [0.1, 0.15) is 35.7 Å². The third-order valence-corrected chi connectivity index (χ3v) is 6.66. The monoisotopic (exact) mass is 489 g/mol. The minimum Gasteiger partial charge on any atom is -0.480 e. The van der Waals surface area contributed by atoms with Gasteiger partial charge in [-0.15, -0.1) is 0 Å². The number of carbonyl (C=O) groups excluding carboxylic acids is 3. The van der Waals surface area contributed by atoms with E-state index < -0.39 is 28.3 Å². The summed E-state index contributed by atoms with van der Waals surface area (Å²) in [6.07, 6.45) is 0.153. The van der Waals surface area contributed by atoms with Crippen molar-refractivity contribution in [2.45, 2.75) is 37.5 Å². The van der Waals surface area contributed by atoms with Gasteiger partial charge in [-0.2, -0.15) is 0 Å². The van der Waals surface area contributed by atoms with Crippen LogP contribution in [0.2, 0.25) is 0 Å². The normalized spacial score (nSPS) is 12.4. The van der Waals surface area contributed by atoms with Gasteiger partial charge in [-0.1, -0.05) is 96.7 Å². The van der Waals surface area contributed by atoms with Gasteiger partial charge in [-0.05, 0) is 30.0 Å². The van der Waals surface area contributed by atoms with Gasteiger partial charge in [-0.25, -0.2) is 0 Å². The third kappa shape index (κ3) is 7.93. The average Bonchev–Trinajstić information content (AvgIpc) is 2.88.